The van der Waals surface area contributed by atoms with Crippen molar-refractivity contribution in [2.45, 2.75) is 37.3 Å². The molecule has 2 aromatic carbocycles. The number of hydrogen-bond donors (Lipinski definition) is 2. The standard InChI is InChI=1S/C23H24BrClN2O2/c1-14-13-23(28,9-10-26-14)21(15-3-6-18(25)7-4-15)19-12-16-11-17(24)5-8-20(16)27-22(19)29-2/h3-8,11-12,14,21,26,28H,9-10,13H2,1-2H3/t14-,21?,23?/m1/s1. The number of aliphatic hydroxyl groups is 1. The minimum atomic E-state index is -0.923. The number of methoxy groups -OCH3 is 1. The molecule has 0 bridgehead atoms. The third-order valence-electron chi connectivity index (χ3n) is 5.72. The molecule has 0 amide bonds. The number of pyridine rings is 1. The number of halogens is 2. The molecular weight excluding hydrogens is 452 g/mol. The summed E-state index contributed by atoms with van der Waals surface area (Å²) in [6.45, 7) is 2.87. The quantitative estimate of drug-likeness (QED) is 0.538. The van der Waals surface area contributed by atoms with E-state index in [2.05, 4.69) is 34.2 Å². The van der Waals surface area contributed by atoms with Crippen LogP contribution in [0.15, 0.2) is 53.0 Å². The summed E-state index contributed by atoms with van der Waals surface area (Å²) in [4.78, 5) is 4.75. The first-order valence-corrected chi connectivity index (χ1v) is 10.9. The van der Waals surface area contributed by atoms with Gasteiger partial charge in [-0.25, -0.2) is 4.98 Å². The molecule has 1 aromatic heterocycles. The molecule has 3 atom stereocenters. The molecule has 2 heterocycles. The second-order valence-corrected chi connectivity index (χ2v) is 9.17. The van der Waals surface area contributed by atoms with Gasteiger partial charge >= 0.3 is 0 Å². The molecule has 4 nitrogen and oxygen atoms in total. The normalized spacial score (nSPS) is 23.1. The van der Waals surface area contributed by atoms with Crippen LogP contribution in [0.5, 0.6) is 5.88 Å². The molecule has 0 saturated carbocycles. The first-order chi connectivity index (χ1) is 13.9. The van der Waals surface area contributed by atoms with Crippen molar-refractivity contribution in [3.8, 4) is 5.88 Å². The summed E-state index contributed by atoms with van der Waals surface area (Å²) in [6, 6.07) is 16.0. The minimum Gasteiger partial charge on any atom is -0.481 e. The summed E-state index contributed by atoms with van der Waals surface area (Å²) in [7, 11) is 1.63. The molecule has 1 fully saturated rings. The number of aromatic nitrogens is 1. The summed E-state index contributed by atoms with van der Waals surface area (Å²) in [6.07, 6.45) is 1.28. The fourth-order valence-corrected chi connectivity index (χ4v) is 4.96. The summed E-state index contributed by atoms with van der Waals surface area (Å²) >= 11 is 9.69. The molecule has 4 rings (SSSR count). The molecule has 0 aliphatic carbocycles. The van der Waals surface area contributed by atoms with E-state index < -0.39 is 5.60 Å². The average molecular weight is 476 g/mol. The first kappa shape index (κ1) is 20.6. The van der Waals surface area contributed by atoms with Crippen molar-refractivity contribution in [1.29, 1.82) is 0 Å². The number of ether oxygens (including phenoxy) is 1. The second-order valence-electron chi connectivity index (χ2n) is 7.82. The Morgan fingerprint density at radius 2 is 2.00 bits per heavy atom. The first-order valence-electron chi connectivity index (χ1n) is 9.75. The van der Waals surface area contributed by atoms with Gasteiger partial charge in [0.15, 0.2) is 0 Å². The fourth-order valence-electron chi connectivity index (χ4n) is 4.45. The van der Waals surface area contributed by atoms with Crippen LogP contribution in [-0.2, 0) is 0 Å². The van der Waals surface area contributed by atoms with Crippen LogP contribution < -0.4 is 10.1 Å². The maximum atomic E-state index is 11.9. The molecule has 1 saturated heterocycles. The molecule has 29 heavy (non-hydrogen) atoms. The number of piperidine rings is 1. The molecule has 3 aromatic rings. The highest BCUT2D eigenvalue weighted by Crippen LogP contribution is 2.45. The SMILES string of the molecule is COc1nc2ccc(Br)cc2cc1C(c1ccc(Cl)cc1)C1(O)CCN[C@H](C)C1. The molecule has 0 radical (unpaired) electrons. The van der Waals surface area contributed by atoms with Crippen molar-refractivity contribution in [3.63, 3.8) is 0 Å². The van der Waals surface area contributed by atoms with Gasteiger partial charge in [-0.2, -0.15) is 0 Å². The lowest BCUT2D eigenvalue weighted by Gasteiger charge is -2.42. The van der Waals surface area contributed by atoms with E-state index in [-0.39, 0.29) is 12.0 Å². The van der Waals surface area contributed by atoms with Gasteiger partial charge in [-0.3, -0.25) is 0 Å². The number of benzene rings is 2. The van der Waals surface area contributed by atoms with Crippen molar-refractivity contribution in [2.24, 2.45) is 0 Å². The highest BCUT2D eigenvalue weighted by Gasteiger charge is 2.43. The van der Waals surface area contributed by atoms with Crippen LogP contribution in [0.3, 0.4) is 0 Å². The molecule has 152 valence electrons. The van der Waals surface area contributed by atoms with Gasteiger partial charge < -0.3 is 15.2 Å². The largest absolute Gasteiger partial charge is 0.481 e. The van der Waals surface area contributed by atoms with Crippen molar-refractivity contribution >= 4 is 38.4 Å². The minimum absolute atomic E-state index is 0.220. The van der Waals surface area contributed by atoms with Crippen LogP contribution >= 0.6 is 27.5 Å². The van der Waals surface area contributed by atoms with Crippen molar-refractivity contribution in [2.75, 3.05) is 13.7 Å². The Hall–Kier alpha value is -1.66. The topological polar surface area (TPSA) is 54.4 Å². The highest BCUT2D eigenvalue weighted by atomic mass is 79.9. The Bertz CT molecular complexity index is 1030. The van der Waals surface area contributed by atoms with Crippen molar-refractivity contribution in [3.05, 3.63) is 69.2 Å². The summed E-state index contributed by atoms with van der Waals surface area (Å²) in [5, 5.41) is 17.0. The van der Waals surface area contributed by atoms with Gasteiger partial charge in [-0.15, -0.1) is 0 Å². The molecule has 1 aliphatic rings. The van der Waals surface area contributed by atoms with Gasteiger partial charge in [-0.1, -0.05) is 39.7 Å². The van der Waals surface area contributed by atoms with Crippen LogP contribution in [0.25, 0.3) is 10.9 Å². The molecule has 6 heteroatoms. The van der Waals surface area contributed by atoms with E-state index >= 15 is 0 Å². The van der Waals surface area contributed by atoms with Gasteiger partial charge in [0.05, 0.1) is 18.2 Å². The van der Waals surface area contributed by atoms with E-state index in [1.54, 1.807) is 7.11 Å². The lowest BCUT2D eigenvalue weighted by Crippen LogP contribution is -2.50. The van der Waals surface area contributed by atoms with Gasteiger partial charge in [0.25, 0.3) is 0 Å². The highest BCUT2D eigenvalue weighted by molar-refractivity contribution is 9.10. The van der Waals surface area contributed by atoms with E-state index in [9.17, 15) is 5.11 Å². The molecule has 2 unspecified atom stereocenters. The van der Waals surface area contributed by atoms with E-state index in [1.165, 1.54) is 0 Å². The van der Waals surface area contributed by atoms with Gasteiger partial charge in [-0.05, 0) is 68.3 Å². The molecule has 2 N–H and O–H groups in total. The molecule has 1 aliphatic heterocycles. The third-order valence-corrected chi connectivity index (χ3v) is 6.47. The maximum Gasteiger partial charge on any atom is 0.217 e. The number of rotatable bonds is 4. The zero-order chi connectivity index (χ0) is 20.6. The lowest BCUT2D eigenvalue weighted by molar-refractivity contribution is -0.0169. The summed E-state index contributed by atoms with van der Waals surface area (Å²) in [5.41, 5.74) is 1.82. The Kier molecular flexibility index (Phi) is 5.85. The van der Waals surface area contributed by atoms with E-state index in [4.69, 9.17) is 21.3 Å². The molecule has 0 spiro atoms. The predicted molar refractivity (Wildman–Crippen MR) is 121 cm³/mol. The monoisotopic (exact) mass is 474 g/mol. The van der Waals surface area contributed by atoms with Crippen molar-refractivity contribution < 1.29 is 9.84 Å². The van der Waals surface area contributed by atoms with Crippen LogP contribution in [0.1, 0.15) is 36.8 Å². The lowest BCUT2D eigenvalue weighted by atomic mass is 9.71. The smallest absolute Gasteiger partial charge is 0.217 e. The Balaban J connectivity index is 1.94. The Labute approximate surface area is 184 Å². The number of hydrogen-bond acceptors (Lipinski definition) is 4. The van der Waals surface area contributed by atoms with Gasteiger partial charge in [0, 0.05) is 32.4 Å². The van der Waals surface area contributed by atoms with Crippen LogP contribution in [0, 0.1) is 0 Å². The zero-order valence-corrected chi connectivity index (χ0v) is 18.8. The zero-order valence-electron chi connectivity index (χ0n) is 16.5. The van der Waals surface area contributed by atoms with E-state index in [0.717, 1.165) is 33.0 Å². The van der Waals surface area contributed by atoms with Gasteiger partial charge in [0.1, 0.15) is 0 Å². The van der Waals surface area contributed by atoms with Crippen molar-refractivity contribution in [1.82, 2.24) is 10.3 Å². The van der Waals surface area contributed by atoms with Gasteiger partial charge in [0.2, 0.25) is 5.88 Å². The van der Waals surface area contributed by atoms with Crippen LogP contribution in [0.4, 0.5) is 0 Å². The number of fused-ring (bicyclic) bond motifs is 1. The number of nitrogens with zero attached hydrogens (tertiary/aromatic N) is 1. The fraction of sp³-hybridized carbons (Fsp3) is 0.348. The van der Waals surface area contributed by atoms with Crippen LogP contribution in [0.2, 0.25) is 5.02 Å². The summed E-state index contributed by atoms with van der Waals surface area (Å²) < 4.78 is 6.68. The number of nitrogens with one attached hydrogen (secondary N) is 1. The second kappa shape index (κ2) is 8.23. The Morgan fingerprint density at radius 1 is 1.24 bits per heavy atom. The van der Waals surface area contributed by atoms with E-state index in [0.29, 0.717) is 23.7 Å². The van der Waals surface area contributed by atoms with Crippen LogP contribution in [-0.4, -0.2) is 35.4 Å². The predicted octanol–water partition coefficient (Wildman–Crippen LogP) is 5.29. The third kappa shape index (κ3) is 4.15. The summed E-state index contributed by atoms with van der Waals surface area (Å²) in [5.74, 6) is 0.259. The molecular formula is C23H24BrClN2O2. The van der Waals surface area contributed by atoms with E-state index in [1.807, 2.05) is 42.5 Å². The maximum absolute atomic E-state index is 11.9. The Morgan fingerprint density at radius 3 is 2.69 bits per heavy atom. The average Bonchev–Trinajstić information content (AvgIpc) is 2.68.